The minimum absolute atomic E-state index is 0.0861. The van der Waals surface area contributed by atoms with E-state index >= 15 is 0 Å². The Labute approximate surface area is 170 Å². The minimum Gasteiger partial charge on any atom is -0.465 e. The number of aromatic nitrogens is 1. The molecule has 0 saturated carbocycles. The molecule has 0 atom stereocenters. The number of methoxy groups -OCH3 is 2. The summed E-state index contributed by atoms with van der Waals surface area (Å²) in [6, 6.07) is 13.5. The van der Waals surface area contributed by atoms with E-state index < -0.39 is 22.6 Å². The zero-order chi connectivity index (χ0) is 21.8. The van der Waals surface area contributed by atoms with Crippen LogP contribution in [0.2, 0.25) is 0 Å². The maximum absolute atomic E-state index is 13.1. The summed E-state index contributed by atoms with van der Waals surface area (Å²) in [5.41, 5.74) is 0.0655. The topological polar surface area (TPSA) is 129 Å². The highest BCUT2D eigenvalue weighted by Gasteiger charge is 2.33. The molecular weight excluding hydrogens is 392 g/mol. The number of rotatable bonds is 6. The number of H-pyrrole nitrogens is 1. The molecule has 0 aliphatic rings. The van der Waals surface area contributed by atoms with Crippen molar-refractivity contribution in [1.29, 1.82) is 0 Å². The van der Waals surface area contributed by atoms with E-state index in [1.807, 2.05) is 0 Å². The Morgan fingerprint density at radius 1 is 0.867 bits per heavy atom. The van der Waals surface area contributed by atoms with Crippen LogP contribution in [0, 0.1) is 10.1 Å². The molecule has 3 aromatic rings. The highest BCUT2D eigenvalue weighted by molar-refractivity contribution is 6.19. The Balaban J connectivity index is 2.24. The number of nitrogens with one attached hydrogen (secondary N) is 1. The van der Waals surface area contributed by atoms with E-state index in [2.05, 4.69) is 4.98 Å². The molecule has 0 unspecified atom stereocenters. The van der Waals surface area contributed by atoms with Crippen LogP contribution in [0.3, 0.4) is 0 Å². The van der Waals surface area contributed by atoms with E-state index in [0.29, 0.717) is 5.56 Å². The van der Waals surface area contributed by atoms with E-state index in [-0.39, 0.29) is 33.8 Å². The van der Waals surface area contributed by atoms with Gasteiger partial charge in [0.2, 0.25) is 5.78 Å². The largest absolute Gasteiger partial charge is 0.465 e. The Bertz CT molecular complexity index is 1130. The van der Waals surface area contributed by atoms with Crippen molar-refractivity contribution in [3.8, 4) is 11.3 Å². The van der Waals surface area contributed by atoms with Gasteiger partial charge < -0.3 is 14.5 Å². The first kappa shape index (κ1) is 20.5. The highest BCUT2D eigenvalue weighted by atomic mass is 16.6. The van der Waals surface area contributed by atoms with Crippen LogP contribution in [0.5, 0.6) is 0 Å². The number of benzene rings is 2. The zero-order valence-corrected chi connectivity index (χ0v) is 16.0. The fourth-order valence-electron chi connectivity index (χ4n) is 2.98. The maximum Gasteiger partial charge on any atom is 0.341 e. The van der Waals surface area contributed by atoms with Crippen molar-refractivity contribution in [3.63, 3.8) is 0 Å². The fourth-order valence-corrected chi connectivity index (χ4v) is 2.98. The molecule has 0 radical (unpaired) electrons. The van der Waals surface area contributed by atoms with Gasteiger partial charge in [0.05, 0.1) is 24.8 Å². The van der Waals surface area contributed by atoms with Crippen molar-refractivity contribution in [1.82, 2.24) is 4.98 Å². The second-order valence-corrected chi connectivity index (χ2v) is 6.11. The van der Waals surface area contributed by atoms with E-state index in [0.717, 1.165) is 14.2 Å². The Hall–Kier alpha value is -4.27. The summed E-state index contributed by atoms with van der Waals surface area (Å²) < 4.78 is 9.61. The van der Waals surface area contributed by atoms with Crippen LogP contribution in [-0.4, -0.2) is 41.8 Å². The van der Waals surface area contributed by atoms with Gasteiger partial charge in [-0.2, -0.15) is 0 Å². The fraction of sp³-hybridized carbons (Fsp3) is 0.0952. The monoisotopic (exact) mass is 408 g/mol. The molecule has 0 saturated heterocycles. The number of esters is 2. The van der Waals surface area contributed by atoms with Crippen LogP contribution in [0.25, 0.3) is 11.3 Å². The summed E-state index contributed by atoms with van der Waals surface area (Å²) in [6.07, 6.45) is 0. The van der Waals surface area contributed by atoms with Crippen LogP contribution >= 0.6 is 0 Å². The molecule has 0 amide bonds. The van der Waals surface area contributed by atoms with Crippen molar-refractivity contribution in [3.05, 3.63) is 87.1 Å². The molecule has 1 heterocycles. The number of carbonyl (C=O) groups is 3. The minimum atomic E-state index is -0.904. The molecule has 2 aromatic carbocycles. The first-order valence-electron chi connectivity index (χ1n) is 8.66. The molecule has 1 aromatic heterocycles. The lowest BCUT2D eigenvalue weighted by molar-refractivity contribution is -0.384. The van der Waals surface area contributed by atoms with E-state index in [1.165, 1.54) is 24.3 Å². The summed E-state index contributed by atoms with van der Waals surface area (Å²) in [6.45, 7) is 0. The van der Waals surface area contributed by atoms with Gasteiger partial charge in [-0.3, -0.25) is 14.9 Å². The number of hydrogen-bond acceptors (Lipinski definition) is 7. The van der Waals surface area contributed by atoms with Gasteiger partial charge in [-0.1, -0.05) is 30.3 Å². The molecule has 30 heavy (non-hydrogen) atoms. The molecule has 3 rings (SSSR count). The number of nitrogens with zero attached hydrogens (tertiary/aromatic N) is 1. The van der Waals surface area contributed by atoms with Crippen LogP contribution in [-0.2, 0) is 9.47 Å². The standard InChI is InChI=1S/C21H16N2O7/c1-29-20(25)15-16(21(26)30-2)18(22-17(15)12-6-4-3-5-7-12)19(24)13-8-10-14(11-9-13)23(27)28/h3-11,22H,1-2H3. The average molecular weight is 408 g/mol. The van der Waals surface area contributed by atoms with E-state index in [4.69, 9.17) is 9.47 Å². The Morgan fingerprint density at radius 3 is 1.97 bits per heavy atom. The van der Waals surface area contributed by atoms with Gasteiger partial charge in [-0.25, -0.2) is 9.59 Å². The molecule has 0 fully saturated rings. The average Bonchev–Trinajstić information content (AvgIpc) is 3.18. The molecule has 0 spiro atoms. The Morgan fingerprint density at radius 2 is 1.43 bits per heavy atom. The SMILES string of the molecule is COC(=O)c1c(C(=O)c2ccc([N+](=O)[O-])cc2)[nH]c(-c2ccccc2)c1C(=O)OC. The molecule has 0 bridgehead atoms. The van der Waals surface area contributed by atoms with Crippen molar-refractivity contribution in [2.24, 2.45) is 0 Å². The van der Waals surface area contributed by atoms with Gasteiger partial charge in [-0.15, -0.1) is 0 Å². The number of carbonyl (C=O) groups excluding carboxylic acids is 3. The predicted octanol–water partition coefficient (Wildman–Crippen LogP) is 3.39. The van der Waals surface area contributed by atoms with Crippen LogP contribution in [0.15, 0.2) is 54.6 Å². The van der Waals surface area contributed by atoms with E-state index in [1.54, 1.807) is 30.3 Å². The van der Waals surface area contributed by atoms with Crippen LogP contribution in [0.4, 0.5) is 5.69 Å². The normalized spacial score (nSPS) is 10.3. The number of non-ortho nitro benzene ring substituents is 1. The molecular formula is C21H16N2O7. The van der Waals surface area contributed by atoms with Gasteiger partial charge in [0, 0.05) is 17.7 Å². The summed E-state index contributed by atoms with van der Waals surface area (Å²) >= 11 is 0. The molecule has 9 nitrogen and oxygen atoms in total. The van der Waals surface area contributed by atoms with Crippen LogP contribution in [0.1, 0.15) is 36.8 Å². The maximum atomic E-state index is 13.1. The third-order valence-corrected chi connectivity index (χ3v) is 4.41. The Kier molecular flexibility index (Phi) is 5.73. The van der Waals surface area contributed by atoms with Gasteiger partial charge in [-0.05, 0) is 17.7 Å². The highest BCUT2D eigenvalue weighted by Crippen LogP contribution is 2.31. The molecule has 0 aliphatic carbocycles. The number of aromatic amines is 1. The van der Waals surface area contributed by atoms with E-state index in [9.17, 15) is 24.5 Å². The lowest BCUT2D eigenvalue weighted by atomic mass is 10.0. The van der Waals surface area contributed by atoms with Crippen LogP contribution < -0.4 is 0 Å². The summed E-state index contributed by atoms with van der Waals surface area (Å²) in [5, 5.41) is 10.8. The summed E-state index contributed by atoms with van der Waals surface area (Å²) in [5.74, 6) is -2.37. The van der Waals surface area contributed by atoms with Crippen molar-refractivity contribution < 1.29 is 28.8 Å². The summed E-state index contributed by atoms with van der Waals surface area (Å²) in [4.78, 5) is 51.2. The first-order valence-corrected chi connectivity index (χ1v) is 8.66. The lowest BCUT2D eigenvalue weighted by Gasteiger charge is -2.05. The molecule has 0 aliphatic heterocycles. The van der Waals surface area contributed by atoms with Gasteiger partial charge >= 0.3 is 11.9 Å². The van der Waals surface area contributed by atoms with Crippen molar-refractivity contribution >= 4 is 23.4 Å². The zero-order valence-electron chi connectivity index (χ0n) is 16.0. The molecule has 1 N–H and O–H groups in total. The predicted molar refractivity (Wildman–Crippen MR) is 105 cm³/mol. The van der Waals surface area contributed by atoms with Gasteiger partial charge in [0.25, 0.3) is 5.69 Å². The third kappa shape index (κ3) is 3.68. The smallest absolute Gasteiger partial charge is 0.341 e. The lowest BCUT2D eigenvalue weighted by Crippen LogP contribution is -2.14. The number of nitro benzene ring substituents is 1. The molecule has 152 valence electrons. The second-order valence-electron chi connectivity index (χ2n) is 6.11. The number of ketones is 1. The van der Waals surface area contributed by atoms with Gasteiger partial charge in [0.1, 0.15) is 16.8 Å². The summed E-state index contributed by atoms with van der Waals surface area (Å²) in [7, 11) is 2.28. The number of nitro groups is 1. The third-order valence-electron chi connectivity index (χ3n) is 4.41. The second kappa shape index (κ2) is 8.39. The first-order chi connectivity index (χ1) is 14.4. The quantitative estimate of drug-likeness (QED) is 0.286. The van der Waals surface area contributed by atoms with Crippen molar-refractivity contribution in [2.75, 3.05) is 14.2 Å². The molecule has 9 heteroatoms. The van der Waals surface area contributed by atoms with Gasteiger partial charge in [0.15, 0.2) is 0 Å². The number of ether oxygens (including phenoxy) is 2. The van der Waals surface area contributed by atoms with Crippen molar-refractivity contribution in [2.45, 2.75) is 0 Å². The number of hydrogen-bond donors (Lipinski definition) is 1.